The van der Waals surface area contributed by atoms with Crippen molar-refractivity contribution in [2.75, 3.05) is 37.6 Å². The normalized spacial score (nSPS) is 23.6. The Kier molecular flexibility index (Phi) is 6.11. The monoisotopic (exact) mass is 564 g/mol. The maximum atomic E-state index is 15.4. The van der Waals surface area contributed by atoms with Crippen molar-refractivity contribution in [3.63, 3.8) is 0 Å². The summed E-state index contributed by atoms with van der Waals surface area (Å²) >= 11 is 0. The molecule has 0 radical (unpaired) electrons. The van der Waals surface area contributed by atoms with Crippen molar-refractivity contribution in [2.45, 2.75) is 25.5 Å². The molecule has 0 spiro atoms. The van der Waals surface area contributed by atoms with E-state index in [-0.39, 0.29) is 30.2 Å². The number of piperazine rings is 1. The van der Waals surface area contributed by atoms with Crippen LogP contribution in [0.3, 0.4) is 0 Å². The second-order valence-electron chi connectivity index (χ2n) is 10.9. The van der Waals surface area contributed by atoms with Gasteiger partial charge in [0, 0.05) is 67.2 Å². The molecule has 2 aliphatic heterocycles. The van der Waals surface area contributed by atoms with Crippen molar-refractivity contribution in [3.8, 4) is 16.9 Å². The van der Waals surface area contributed by atoms with Gasteiger partial charge in [0.15, 0.2) is 0 Å². The van der Waals surface area contributed by atoms with Crippen molar-refractivity contribution in [1.29, 1.82) is 0 Å². The summed E-state index contributed by atoms with van der Waals surface area (Å²) in [5.74, 6) is 0.834. The number of hydrogen-bond donors (Lipinski definition) is 1. The van der Waals surface area contributed by atoms with E-state index < -0.39 is 18.4 Å². The minimum Gasteiger partial charge on any atom is -0.480 e. The summed E-state index contributed by atoms with van der Waals surface area (Å²) in [4.78, 5) is 28.5. The first-order valence-electron chi connectivity index (χ1n) is 13.6. The zero-order valence-corrected chi connectivity index (χ0v) is 22.1. The van der Waals surface area contributed by atoms with Crippen LogP contribution in [0.5, 0.6) is 5.75 Å². The van der Waals surface area contributed by atoms with Gasteiger partial charge in [-0.3, -0.25) is 9.69 Å². The van der Waals surface area contributed by atoms with Crippen LogP contribution in [0.2, 0.25) is 0 Å². The summed E-state index contributed by atoms with van der Waals surface area (Å²) < 4.78 is 48.8. The quantitative estimate of drug-likeness (QED) is 0.353. The average molecular weight is 565 g/mol. The molecule has 4 aromatic rings. The van der Waals surface area contributed by atoms with Gasteiger partial charge in [-0.15, -0.1) is 0 Å². The highest BCUT2D eigenvalue weighted by atomic mass is 19.3. The average Bonchev–Trinajstić information content (AvgIpc) is 3.28. The Balaban J connectivity index is 1.22. The number of fused-ring (bicyclic) bond motifs is 5. The molecule has 41 heavy (non-hydrogen) atoms. The lowest BCUT2D eigenvalue weighted by Gasteiger charge is -2.33. The van der Waals surface area contributed by atoms with Crippen LogP contribution in [-0.2, 0) is 4.79 Å². The fourth-order valence-electron chi connectivity index (χ4n) is 6.64. The number of alkyl halides is 2. The molecule has 3 aliphatic rings. The molecule has 0 bridgehead atoms. The molecule has 9 nitrogen and oxygen atoms in total. The largest absolute Gasteiger partial charge is 0.480 e. The lowest BCUT2D eigenvalue weighted by atomic mass is 9.99. The summed E-state index contributed by atoms with van der Waals surface area (Å²) in [6.07, 6.45) is 3.17. The van der Waals surface area contributed by atoms with Crippen molar-refractivity contribution < 1.29 is 27.8 Å². The Morgan fingerprint density at radius 1 is 1.12 bits per heavy atom. The summed E-state index contributed by atoms with van der Waals surface area (Å²) in [5.41, 5.74) is 2.71. The third kappa shape index (κ3) is 4.37. The van der Waals surface area contributed by atoms with Gasteiger partial charge in [-0.25, -0.2) is 19.3 Å². The van der Waals surface area contributed by atoms with E-state index >= 15 is 4.39 Å². The van der Waals surface area contributed by atoms with Crippen LogP contribution in [0, 0.1) is 17.7 Å². The molecular formula is C29H27F3N6O3. The number of aliphatic carboxylic acids is 1. The first-order valence-corrected chi connectivity index (χ1v) is 13.6. The Morgan fingerprint density at radius 3 is 2.56 bits per heavy atom. The lowest BCUT2D eigenvalue weighted by Crippen LogP contribution is -2.48. The number of nitrogens with zero attached hydrogens (tertiary/aromatic N) is 6. The van der Waals surface area contributed by atoms with Gasteiger partial charge < -0.3 is 19.3 Å². The van der Waals surface area contributed by atoms with Crippen LogP contribution in [0.15, 0.2) is 48.8 Å². The van der Waals surface area contributed by atoms with E-state index in [9.17, 15) is 13.6 Å². The maximum Gasteiger partial charge on any atom is 0.387 e. The van der Waals surface area contributed by atoms with Crippen molar-refractivity contribution in [2.24, 2.45) is 11.8 Å². The standard InChI is InChI=1S/C29H27F3N6O3/c1-15-24-25(15)27-35-20-11-19(30)18(10-21(20)38(27)26(24)17-4-2-3-5-22(17)41-28(31)32)16-12-33-29(34-13-16)37-8-6-36(7-9-37)14-23(39)40/h2-5,10-13,15,24-26,28H,6-9,14H2,1H3,(H,39,40). The topological polar surface area (TPSA) is 96.6 Å². The van der Waals surface area contributed by atoms with Crippen LogP contribution in [0.1, 0.15) is 30.3 Å². The molecule has 4 heterocycles. The predicted molar refractivity (Wildman–Crippen MR) is 144 cm³/mol. The number of para-hydroxylation sites is 1. The molecule has 1 saturated carbocycles. The van der Waals surface area contributed by atoms with Gasteiger partial charge in [-0.2, -0.15) is 8.78 Å². The molecule has 7 rings (SSSR count). The first kappa shape index (κ1) is 25.8. The fraction of sp³-hybridized carbons (Fsp3) is 0.379. The second kappa shape index (κ2) is 9.72. The SMILES string of the molecule is CC1C2c3nc4cc(F)c(-c5cnc(N6CCN(CC(=O)O)CC6)nc5)cc4n3C(c3ccccc3OC(F)F)C12. The number of aromatic nitrogens is 4. The predicted octanol–water partition coefficient (Wildman–Crippen LogP) is 4.39. The van der Waals surface area contributed by atoms with Crippen molar-refractivity contribution in [3.05, 3.63) is 66.0 Å². The fourth-order valence-corrected chi connectivity index (χ4v) is 6.64. The van der Waals surface area contributed by atoms with Crippen LogP contribution < -0.4 is 9.64 Å². The van der Waals surface area contributed by atoms with E-state index in [1.807, 2.05) is 26.5 Å². The number of hydrogen-bond acceptors (Lipinski definition) is 7. The van der Waals surface area contributed by atoms with Gasteiger partial charge in [0.25, 0.3) is 0 Å². The number of anilines is 1. The highest BCUT2D eigenvalue weighted by Gasteiger charge is 2.61. The van der Waals surface area contributed by atoms with Gasteiger partial charge in [0.1, 0.15) is 17.4 Å². The molecular weight excluding hydrogens is 537 g/mol. The molecule has 212 valence electrons. The zero-order chi connectivity index (χ0) is 28.4. The molecule has 4 unspecified atom stereocenters. The molecule has 12 heteroatoms. The number of carboxylic acids is 1. The van der Waals surface area contributed by atoms with E-state index in [1.54, 1.807) is 30.6 Å². The number of carbonyl (C=O) groups is 1. The minimum absolute atomic E-state index is 0.000220. The zero-order valence-electron chi connectivity index (χ0n) is 22.1. The summed E-state index contributed by atoms with van der Waals surface area (Å²) in [6.45, 7) is 1.53. The van der Waals surface area contributed by atoms with Gasteiger partial charge in [0.2, 0.25) is 5.95 Å². The summed E-state index contributed by atoms with van der Waals surface area (Å²) in [6, 6.07) is 9.73. The molecule has 0 amide bonds. The lowest BCUT2D eigenvalue weighted by molar-refractivity contribution is -0.138. The third-order valence-corrected chi connectivity index (χ3v) is 8.61. The van der Waals surface area contributed by atoms with Gasteiger partial charge in [-0.05, 0) is 24.0 Å². The van der Waals surface area contributed by atoms with E-state index in [4.69, 9.17) is 14.8 Å². The molecule has 4 atom stereocenters. The summed E-state index contributed by atoms with van der Waals surface area (Å²) in [5, 5.41) is 9.01. The van der Waals surface area contributed by atoms with Crippen LogP contribution >= 0.6 is 0 Å². The Labute approximate surface area is 233 Å². The Hall–Kier alpha value is -4.19. The smallest absolute Gasteiger partial charge is 0.387 e. The maximum absolute atomic E-state index is 15.4. The molecule has 1 aliphatic carbocycles. The van der Waals surface area contributed by atoms with Gasteiger partial charge in [-0.1, -0.05) is 25.1 Å². The summed E-state index contributed by atoms with van der Waals surface area (Å²) in [7, 11) is 0. The molecule has 2 fully saturated rings. The van der Waals surface area contributed by atoms with Crippen molar-refractivity contribution in [1.82, 2.24) is 24.4 Å². The Bertz CT molecular complexity index is 1640. The first-order chi connectivity index (χ1) is 19.8. The number of carboxylic acid groups (broad SMARTS) is 1. The highest BCUT2D eigenvalue weighted by molar-refractivity contribution is 5.84. The number of imidazole rings is 1. The highest BCUT2D eigenvalue weighted by Crippen LogP contribution is 2.66. The number of halogens is 3. The van der Waals surface area contributed by atoms with E-state index in [0.717, 1.165) is 5.82 Å². The van der Waals surface area contributed by atoms with Crippen LogP contribution in [0.25, 0.3) is 22.2 Å². The number of rotatable bonds is 7. The van der Waals surface area contributed by atoms with Crippen LogP contribution in [-0.4, -0.2) is 74.8 Å². The number of ether oxygens (including phenoxy) is 1. The second-order valence-corrected chi connectivity index (χ2v) is 10.9. The Morgan fingerprint density at radius 2 is 1.85 bits per heavy atom. The van der Waals surface area contributed by atoms with Gasteiger partial charge in [0.05, 0.1) is 23.6 Å². The number of benzene rings is 2. The van der Waals surface area contributed by atoms with Crippen molar-refractivity contribution >= 4 is 23.0 Å². The van der Waals surface area contributed by atoms with Crippen LogP contribution in [0.4, 0.5) is 19.1 Å². The minimum atomic E-state index is -2.94. The molecule has 2 aromatic heterocycles. The molecule has 1 N–H and O–H groups in total. The third-order valence-electron chi connectivity index (χ3n) is 8.61. The van der Waals surface area contributed by atoms with E-state index in [0.29, 0.717) is 65.8 Å². The van der Waals surface area contributed by atoms with Gasteiger partial charge >= 0.3 is 12.6 Å². The molecule has 2 aromatic carbocycles. The van der Waals surface area contributed by atoms with E-state index in [1.165, 1.54) is 6.07 Å². The van der Waals surface area contributed by atoms with E-state index in [2.05, 4.69) is 16.9 Å². The molecule has 1 saturated heterocycles.